The molecule has 1 heterocycles. The lowest BCUT2D eigenvalue weighted by atomic mass is 10.3. The van der Waals surface area contributed by atoms with Gasteiger partial charge in [0.25, 0.3) is 5.56 Å². The van der Waals surface area contributed by atoms with Gasteiger partial charge in [0.15, 0.2) is 0 Å². The number of hydrogen-bond donors (Lipinski definition) is 2. The number of nitrogens with one attached hydrogen (secondary N) is 1. The van der Waals surface area contributed by atoms with Gasteiger partial charge >= 0.3 is 5.69 Å². The van der Waals surface area contributed by atoms with Gasteiger partial charge in [-0.15, -0.1) is 0 Å². The molecule has 6 nitrogen and oxygen atoms in total. The summed E-state index contributed by atoms with van der Waals surface area (Å²) in [6.45, 7) is 2.25. The molecule has 6 heteroatoms. The van der Waals surface area contributed by atoms with E-state index in [0.29, 0.717) is 24.5 Å². The Bertz CT molecular complexity index is 716. The minimum Gasteiger partial charge on any atom is -0.391 e. The molecule has 0 saturated heterocycles. The van der Waals surface area contributed by atoms with Gasteiger partial charge in [-0.2, -0.15) is 0 Å². The van der Waals surface area contributed by atoms with E-state index in [-0.39, 0.29) is 11.4 Å². The molecule has 0 fully saturated rings. The normalized spacial score (nSPS) is 10.5. The van der Waals surface area contributed by atoms with Crippen LogP contribution in [0.5, 0.6) is 0 Å². The van der Waals surface area contributed by atoms with Crippen LogP contribution in [0.4, 0.5) is 11.5 Å². The Balaban J connectivity index is 2.86. The van der Waals surface area contributed by atoms with Gasteiger partial charge in [0, 0.05) is 13.6 Å². The van der Waals surface area contributed by atoms with Gasteiger partial charge in [0.1, 0.15) is 11.5 Å². The number of aromatic nitrogens is 2. The van der Waals surface area contributed by atoms with Crippen LogP contribution in [-0.4, -0.2) is 16.2 Å². The van der Waals surface area contributed by atoms with Crippen molar-refractivity contribution >= 4 is 11.5 Å². The van der Waals surface area contributed by atoms with Crippen molar-refractivity contribution in [1.29, 1.82) is 0 Å². The molecule has 2 rings (SSSR count). The van der Waals surface area contributed by atoms with Gasteiger partial charge in [-0.25, -0.2) is 9.36 Å². The quantitative estimate of drug-likeness (QED) is 0.872. The highest BCUT2D eigenvalue weighted by Gasteiger charge is 2.16. The summed E-state index contributed by atoms with van der Waals surface area (Å²) in [7, 11) is 1.63. The van der Waals surface area contributed by atoms with Crippen molar-refractivity contribution in [3.05, 3.63) is 51.2 Å². The maximum Gasteiger partial charge on any atom is 0.337 e. The number of nitrogens with two attached hydrogens (primary N) is 1. The Morgan fingerprint density at radius 3 is 2.40 bits per heavy atom. The van der Waals surface area contributed by atoms with Crippen molar-refractivity contribution in [1.82, 2.24) is 9.13 Å². The van der Waals surface area contributed by atoms with Crippen molar-refractivity contribution in [2.45, 2.75) is 19.9 Å². The molecule has 0 radical (unpaired) electrons. The number of rotatable bonds is 4. The zero-order valence-corrected chi connectivity index (χ0v) is 11.6. The zero-order valence-electron chi connectivity index (χ0n) is 11.6. The molecule has 1 aromatic carbocycles. The topological polar surface area (TPSA) is 82.0 Å². The fraction of sp³-hybridized carbons (Fsp3) is 0.286. The molecule has 0 aliphatic heterocycles. The molecule has 0 saturated carbocycles. The van der Waals surface area contributed by atoms with Crippen molar-refractivity contribution in [3.63, 3.8) is 0 Å². The third-order valence-corrected chi connectivity index (χ3v) is 3.07. The summed E-state index contributed by atoms with van der Waals surface area (Å²) in [6, 6.07) is 9.10. The first-order valence-corrected chi connectivity index (χ1v) is 6.50. The van der Waals surface area contributed by atoms with Crippen LogP contribution >= 0.6 is 0 Å². The summed E-state index contributed by atoms with van der Waals surface area (Å²) in [5.74, 6) is 0.318. The number of nitrogens with zero attached hydrogens (tertiary/aromatic N) is 2. The highest BCUT2D eigenvalue weighted by Crippen LogP contribution is 2.16. The maximum absolute atomic E-state index is 12.5. The summed E-state index contributed by atoms with van der Waals surface area (Å²) in [5.41, 5.74) is 5.75. The summed E-state index contributed by atoms with van der Waals surface area (Å²) < 4.78 is 2.59. The SMILES string of the molecule is CCCn1c(=O)c(N)c(NC)n(-c2ccccc2)c1=O. The Kier molecular flexibility index (Phi) is 3.93. The first-order chi connectivity index (χ1) is 9.61. The number of benzene rings is 1. The van der Waals surface area contributed by atoms with Crippen LogP contribution in [0.2, 0.25) is 0 Å². The molecule has 0 unspecified atom stereocenters. The minimum absolute atomic E-state index is 0.0457. The molecule has 0 aliphatic rings. The second-order valence-electron chi connectivity index (χ2n) is 4.42. The molecule has 0 spiro atoms. The fourth-order valence-corrected chi connectivity index (χ4v) is 2.15. The van der Waals surface area contributed by atoms with Crippen molar-refractivity contribution in [3.8, 4) is 5.69 Å². The molecule has 2 aromatic rings. The number of para-hydroxylation sites is 1. The Morgan fingerprint density at radius 2 is 1.85 bits per heavy atom. The molecule has 20 heavy (non-hydrogen) atoms. The van der Waals surface area contributed by atoms with Crippen LogP contribution in [0, 0.1) is 0 Å². The molecule has 0 bridgehead atoms. The van der Waals surface area contributed by atoms with E-state index in [1.54, 1.807) is 19.2 Å². The van der Waals surface area contributed by atoms with E-state index < -0.39 is 5.56 Å². The van der Waals surface area contributed by atoms with E-state index in [1.807, 2.05) is 25.1 Å². The molecule has 106 valence electrons. The van der Waals surface area contributed by atoms with Gasteiger partial charge in [-0.05, 0) is 18.6 Å². The van der Waals surface area contributed by atoms with Gasteiger partial charge in [-0.3, -0.25) is 9.36 Å². The third kappa shape index (κ3) is 2.20. The van der Waals surface area contributed by atoms with Crippen LogP contribution in [-0.2, 0) is 6.54 Å². The van der Waals surface area contributed by atoms with Gasteiger partial charge in [0.05, 0.1) is 5.69 Å². The van der Waals surface area contributed by atoms with E-state index >= 15 is 0 Å². The lowest BCUT2D eigenvalue weighted by Crippen LogP contribution is -2.41. The molecule has 0 amide bonds. The van der Waals surface area contributed by atoms with Gasteiger partial charge in [0.2, 0.25) is 0 Å². The molecular weight excluding hydrogens is 256 g/mol. The molecular formula is C14H18N4O2. The van der Waals surface area contributed by atoms with Crippen molar-refractivity contribution < 1.29 is 0 Å². The summed E-state index contributed by atoms with van der Waals surface area (Å²) in [6.07, 6.45) is 0.683. The lowest BCUT2D eigenvalue weighted by Gasteiger charge is -2.16. The fourth-order valence-electron chi connectivity index (χ4n) is 2.15. The van der Waals surface area contributed by atoms with Crippen LogP contribution in [0.25, 0.3) is 5.69 Å². The molecule has 1 aromatic heterocycles. The predicted octanol–water partition coefficient (Wildman–Crippen LogP) is 1.03. The van der Waals surface area contributed by atoms with E-state index in [9.17, 15) is 9.59 Å². The predicted molar refractivity (Wildman–Crippen MR) is 80.5 cm³/mol. The minimum atomic E-state index is -0.451. The number of hydrogen-bond acceptors (Lipinski definition) is 4. The smallest absolute Gasteiger partial charge is 0.337 e. The van der Waals surface area contributed by atoms with E-state index in [2.05, 4.69) is 5.32 Å². The van der Waals surface area contributed by atoms with E-state index in [4.69, 9.17) is 5.73 Å². The molecule has 3 N–H and O–H groups in total. The monoisotopic (exact) mass is 274 g/mol. The summed E-state index contributed by atoms with van der Waals surface area (Å²) in [5, 5.41) is 2.84. The third-order valence-electron chi connectivity index (χ3n) is 3.07. The highest BCUT2D eigenvalue weighted by atomic mass is 16.2. The highest BCUT2D eigenvalue weighted by molar-refractivity contribution is 5.63. The first-order valence-electron chi connectivity index (χ1n) is 6.50. The first kappa shape index (κ1) is 13.9. The number of nitrogen functional groups attached to an aromatic ring is 1. The lowest BCUT2D eigenvalue weighted by molar-refractivity contribution is 0.602. The van der Waals surface area contributed by atoms with E-state index in [1.165, 1.54) is 9.13 Å². The van der Waals surface area contributed by atoms with Crippen LogP contribution in [0.3, 0.4) is 0 Å². The summed E-state index contributed by atoms with van der Waals surface area (Å²) >= 11 is 0. The maximum atomic E-state index is 12.5. The van der Waals surface area contributed by atoms with Crippen molar-refractivity contribution in [2.75, 3.05) is 18.1 Å². The van der Waals surface area contributed by atoms with Gasteiger partial charge < -0.3 is 11.1 Å². The van der Waals surface area contributed by atoms with Crippen LogP contribution < -0.4 is 22.3 Å². The Morgan fingerprint density at radius 1 is 1.20 bits per heavy atom. The molecule has 0 aliphatic carbocycles. The second-order valence-corrected chi connectivity index (χ2v) is 4.42. The number of anilines is 2. The Hall–Kier alpha value is -2.50. The van der Waals surface area contributed by atoms with Crippen LogP contribution in [0.15, 0.2) is 39.9 Å². The van der Waals surface area contributed by atoms with Crippen molar-refractivity contribution in [2.24, 2.45) is 0 Å². The van der Waals surface area contributed by atoms with Gasteiger partial charge in [-0.1, -0.05) is 25.1 Å². The second kappa shape index (κ2) is 5.64. The largest absolute Gasteiger partial charge is 0.391 e. The van der Waals surface area contributed by atoms with E-state index in [0.717, 1.165) is 0 Å². The summed E-state index contributed by atoms with van der Waals surface area (Å²) in [4.78, 5) is 24.7. The molecule has 0 atom stereocenters. The standard InChI is InChI=1S/C14H18N4O2/c1-3-9-17-13(19)11(15)12(16-2)18(14(17)20)10-7-5-4-6-8-10/h4-8,16H,3,9,15H2,1-2H3. The average molecular weight is 274 g/mol. The van der Waals surface area contributed by atoms with Crippen LogP contribution in [0.1, 0.15) is 13.3 Å². The zero-order chi connectivity index (χ0) is 14.7. The Labute approximate surface area is 116 Å². The average Bonchev–Trinajstić information content (AvgIpc) is 2.48.